The first-order valence-corrected chi connectivity index (χ1v) is 8.31. The first-order chi connectivity index (χ1) is 9.88. The van der Waals surface area contributed by atoms with E-state index in [9.17, 15) is 0 Å². The van der Waals surface area contributed by atoms with Gasteiger partial charge in [-0.1, -0.05) is 62.4 Å². The molecule has 4 rings (SSSR count). The van der Waals surface area contributed by atoms with E-state index in [2.05, 4.69) is 60.9 Å². The smallest absolute Gasteiger partial charge is 0.0148 e. The van der Waals surface area contributed by atoms with E-state index in [0.717, 1.165) is 0 Å². The molecule has 0 aromatic heterocycles. The molecule has 0 aliphatic rings. The van der Waals surface area contributed by atoms with Crippen LogP contribution in [0.5, 0.6) is 0 Å². The third-order valence-electron chi connectivity index (χ3n) is 3.71. The number of hydrogen-bond acceptors (Lipinski definition) is 1. The van der Waals surface area contributed by atoms with Crippen LogP contribution in [0, 0.1) is 0 Å². The molecule has 20 heavy (non-hydrogen) atoms. The van der Waals surface area contributed by atoms with Gasteiger partial charge in [0.25, 0.3) is 0 Å². The minimum atomic E-state index is 1.34. The van der Waals surface area contributed by atoms with Crippen molar-refractivity contribution >= 4 is 44.1 Å². The maximum atomic E-state index is 2.26. The monoisotopic (exact) mass is 278 g/mol. The molecule has 0 saturated heterocycles. The molecule has 0 spiro atoms. The van der Waals surface area contributed by atoms with Gasteiger partial charge in [-0.25, -0.2) is 0 Å². The van der Waals surface area contributed by atoms with Crippen LogP contribution in [0.4, 0.5) is 0 Å². The van der Waals surface area contributed by atoms with Crippen molar-refractivity contribution in [3.05, 3.63) is 54.6 Å². The molecule has 0 atom stereocenters. The lowest BCUT2D eigenvalue weighted by molar-refractivity contribution is 1.50. The molecule has 4 aromatic rings. The number of thioether (sulfide) groups is 1. The van der Waals surface area contributed by atoms with E-state index in [1.807, 2.05) is 25.6 Å². The van der Waals surface area contributed by atoms with Crippen molar-refractivity contribution in [1.29, 1.82) is 0 Å². The van der Waals surface area contributed by atoms with Crippen LogP contribution in [0.15, 0.2) is 59.5 Å². The lowest BCUT2D eigenvalue weighted by Gasteiger charge is -2.12. The predicted octanol–water partition coefficient (Wildman–Crippen LogP) is 6.33. The van der Waals surface area contributed by atoms with E-state index in [1.54, 1.807) is 0 Å². The summed E-state index contributed by atoms with van der Waals surface area (Å²) in [5.74, 6) is 0. The van der Waals surface area contributed by atoms with Gasteiger partial charge in [0, 0.05) is 4.90 Å². The molecular weight excluding hydrogens is 260 g/mol. The number of rotatable bonds is 1. The summed E-state index contributed by atoms with van der Waals surface area (Å²) in [4.78, 5) is 1.36. The van der Waals surface area contributed by atoms with Crippen LogP contribution in [0.1, 0.15) is 13.8 Å². The van der Waals surface area contributed by atoms with Gasteiger partial charge in [0.05, 0.1) is 0 Å². The minimum absolute atomic E-state index is 1.34. The van der Waals surface area contributed by atoms with Crippen molar-refractivity contribution < 1.29 is 0 Å². The molecule has 1 heteroatoms. The Kier molecular flexibility index (Phi) is 3.54. The second kappa shape index (κ2) is 5.34. The van der Waals surface area contributed by atoms with Gasteiger partial charge in [-0.2, -0.15) is 0 Å². The molecule has 0 aliphatic carbocycles. The van der Waals surface area contributed by atoms with E-state index in [0.29, 0.717) is 0 Å². The van der Waals surface area contributed by atoms with Gasteiger partial charge in [0.1, 0.15) is 0 Å². The van der Waals surface area contributed by atoms with Gasteiger partial charge in [0.2, 0.25) is 0 Å². The normalized spacial score (nSPS) is 10.9. The zero-order valence-electron chi connectivity index (χ0n) is 12.1. The zero-order chi connectivity index (χ0) is 14.1. The van der Waals surface area contributed by atoms with Gasteiger partial charge in [-0.3, -0.25) is 0 Å². The summed E-state index contributed by atoms with van der Waals surface area (Å²) >= 11 is 1.82. The van der Waals surface area contributed by atoms with Crippen molar-refractivity contribution in [2.24, 2.45) is 0 Å². The molecule has 0 unspecified atom stereocenters. The molecule has 0 bridgehead atoms. The molecule has 0 nitrogen and oxygen atoms in total. The molecule has 100 valence electrons. The largest absolute Gasteiger partial charge is 0.129 e. The van der Waals surface area contributed by atoms with Gasteiger partial charge < -0.3 is 0 Å². The highest BCUT2D eigenvalue weighted by Gasteiger charge is 2.09. The van der Waals surface area contributed by atoms with Crippen molar-refractivity contribution in [2.75, 3.05) is 6.26 Å². The van der Waals surface area contributed by atoms with Crippen molar-refractivity contribution in [2.45, 2.75) is 18.7 Å². The Bertz CT molecular complexity index is 846. The molecule has 0 fully saturated rings. The van der Waals surface area contributed by atoms with E-state index in [1.165, 1.54) is 37.2 Å². The Labute approximate surface area is 124 Å². The van der Waals surface area contributed by atoms with E-state index >= 15 is 0 Å². The summed E-state index contributed by atoms with van der Waals surface area (Å²) in [7, 11) is 0. The molecule has 0 saturated carbocycles. The maximum Gasteiger partial charge on any atom is 0.0148 e. The summed E-state index contributed by atoms with van der Waals surface area (Å²) in [6.07, 6.45) is 2.14. The summed E-state index contributed by atoms with van der Waals surface area (Å²) in [5, 5.41) is 8.21. The first-order valence-electron chi connectivity index (χ1n) is 7.09. The molecule has 0 aliphatic heterocycles. The highest BCUT2D eigenvalue weighted by atomic mass is 32.2. The Morgan fingerprint density at radius 3 is 1.85 bits per heavy atom. The second-order valence-corrected chi connectivity index (χ2v) is 5.47. The SMILES string of the molecule is CC.CSc1ccc2ccc3cccc4ccc1c2c34. The maximum absolute atomic E-state index is 2.26. The lowest BCUT2D eigenvalue weighted by atomic mass is 9.94. The lowest BCUT2D eigenvalue weighted by Crippen LogP contribution is -1.84. The van der Waals surface area contributed by atoms with Gasteiger partial charge >= 0.3 is 0 Å². The van der Waals surface area contributed by atoms with Crippen LogP contribution >= 0.6 is 11.8 Å². The van der Waals surface area contributed by atoms with Crippen LogP contribution in [-0.4, -0.2) is 6.26 Å². The highest BCUT2D eigenvalue weighted by molar-refractivity contribution is 7.98. The third-order valence-corrected chi connectivity index (χ3v) is 4.50. The molecule has 0 heterocycles. The van der Waals surface area contributed by atoms with Crippen molar-refractivity contribution in [3.63, 3.8) is 0 Å². The summed E-state index contributed by atoms with van der Waals surface area (Å²) < 4.78 is 0. The van der Waals surface area contributed by atoms with Gasteiger partial charge in [-0.15, -0.1) is 11.8 Å². The van der Waals surface area contributed by atoms with E-state index in [4.69, 9.17) is 0 Å². The zero-order valence-corrected chi connectivity index (χ0v) is 12.9. The van der Waals surface area contributed by atoms with Crippen molar-refractivity contribution in [1.82, 2.24) is 0 Å². The van der Waals surface area contributed by atoms with Crippen molar-refractivity contribution in [3.8, 4) is 0 Å². The average molecular weight is 278 g/mol. The van der Waals surface area contributed by atoms with Crippen LogP contribution in [0.25, 0.3) is 32.3 Å². The minimum Gasteiger partial charge on any atom is -0.129 e. The Balaban J connectivity index is 0.000000581. The Morgan fingerprint density at radius 1 is 0.650 bits per heavy atom. The molecule has 0 N–H and O–H groups in total. The fraction of sp³-hybridized carbons (Fsp3) is 0.158. The highest BCUT2D eigenvalue weighted by Crippen LogP contribution is 2.38. The van der Waals surface area contributed by atoms with Crippen LogP contribution in [0.2, 0.25) is 0 Å². The Morgan fingerprint density at radius 2 is 1.20 bits per heavy atom. The van der Waals surface area contributed by atoms with Crippen LogP contribution in [0.3, 0.4) is 0 Å². The molecule has 0 radical (unpaired) electrons. The number of hydrogen-bond donors (Lipinski definition) is 0. The van der Waals surface area contributed by atoms with Gasteiger partial charge in [-0.05, 0) is 44.6 Å². The second-order valence-electron chi connectivity index (χ2n) is 4.62. The predicted molar refractivity (Wildman–Crippen MR) is 93.3 cm³/mol. The molecule has 0 amide bonds. The average Bonchev–Trinajstić information content (AvgIpc) is 2.54. The van der Waals surface area contributed by atoms with Crippen LogP contribution in [-0.2, 0) is 0 Å². The fourth-order valence-electron chi connectivity index (χ4n) is 2.89. The Hall–Kier alpha value is -1.73. The van der Waals surface area contributed by atoms with Crippen LogP contribution < -0.4 is 0 Å². The summed E-state index contributed by atoms with van der Waals surface area (Å²) in [5.41, 5.74) is 0. The summed E-state index contributed by atoms with van der Waals surface area (Å²) in [6, 6.07) is 20.0. The van der Waals surface area contributed by atoms with E-state index < -0.39 is 0 Å². The number of benzene rings is 4. The summed E-state index contributed by atoms with van der Waals surface area (Å²) in [6.45, 7) is 4.00. The quantitative estimate of drug-likeness (QED) is 0.289. The first kappa shape index (κ1) is 13.3. The molecular formula is C19H18S. The molecule has 4 aromatic carbocycles. The standard InChI is InChI=1S/C17H12S.C2H6/c1-18-15-10-8-13-6-5-11-3-2-4-12-7-9-14(15)17(13)16(11)12;1-2/h2-10H,1H3;1-2H3. The van der Waals surface area contributed by atoms with Gasteiger partial charge in [0.15, 0.2) is 0 Å². The topological polar surface area (TPSA) is 0 Å². The third kappa shape index (κ3) is 1.85. The van der Waals surface area contributed by atoms with E-state index in [-0.39, 0.29) is 0 Å². The fourth-order valence-corrected chi connectivity index (χ4v) is 3.48.